The number of rotatable bonds is 20. The molecule has 0 spiro atoms. The zero-order valence-corrected chi connectivity index (χ0v) is 21.0. The Kier molecular flexibility index (Phi) is 20.6. The molecule has 0 unspecified atom stereocenters. The van der Waals surface area contributed by atoms with E-state index in [4.69, 9.17) is 0 Å². The van der Waals surface area contributed by atoms with E-state index in [1.807, 2.05) is 30.3 Å². The molecular formula is C27H45CuNO3. The fourth-order valence-corrected chi connectivity index (χ4v) is 3.97. The zero-order chi connectivity index (χ0) is 22.6. The van der Waals surface area contributed by atoms with E-state index in [-0.39, 0.29) is 23.0 Å². The molecule has 0 saturated heterocycles. The zero-order valence-electron chi connectivity index (χ0n) is 20.1. The van der Waals surface area contributed by atoms with E-state index in [0.717, 1.165) is 24.8 Å². The molecular weight excluding hydrogens is 450 g/mol. The predicted molar refractivity (Wildman–Crippen MR) is 129 cm³/mol. The second kappa shape index (κ2) is 21.5. The molecule has 1 atom stereocenters. The maximum Gasteiger partial charge on any atom is 0.326 e. The van der Waals surface area contributed by atoms with E-state index >= 15 is 0 Å². The van der Waals surface area contributed by atoms with Crippen LogP contribution in [0.2, 0.25) is 0 Å². The van der Waals surface area contributed by atoms with Gasteiger partial charge in [-0.15, -0.1) is 0 Å². The first-order valence-corrected chi connectivity index (χ1v) is 12.7. The van der Waals surface area contributed by atoms with Crippen molar-refractivity contribution in [1.29, 1.82) is 0 Å². The van der Waals surface area contributed by atoms with E-state index < -0.39 is 12.0 Å². The molecule has 1 aromatic rings. The minimum Gasteiger partial charge on any atom is -0.480 e. The van der Waals surface area contributed by atoms with Gasteiger partial charge in [-0.05, 0) is 12.0 Å². The van der Waals surface area contributed by atoms with Gasteiger partial charge in [0, 0.05) is 29.9 Å². The molecule has 32 heavy (non-hydrogen) atoms. The van der Waals surface area contributed by atoms with Crippen LogP contribution in [0, 0.1) is 0 Å². The Labute approximate surface area is 206 Å². The number of nitrogens with one attached hydrogen (secondary N) is 1. The number of unbranched alkanes of at least 4 members (excludes halogenated alkanes) is 14. The van der Waals surface area contributed by atoms with Crippen LogP contribution in [0.3, 0.4) is 0 Å². The van der Waals surface area contributed by atoms with Crippen molar-refractivity contribution in [1.82, 2.24) is 5.32 Å². The van der Waals surface area contributed by atoms with Crippen LogP contribution in [-0.4, -0.2) is 23.0 Å². The van der Waals surface area contributed by atoms with E-state index in [1.165, 1.54) is 77.0 Å². The van der Waals surface area contributed by atoms with Crippen molar-refractivity contribution in [3.63, 3.8) is 0 Å². The van der Waals surface area contributed by atoms with Crippen LogP contribution in [0.1, 0.15) is 115 Å². The van der Waals surface area contributed by atoms with Gasteiger partial charge in [0.2, 0.25) is 5.91 Å². The van der Waals surface area contributed by atoms with Crippen LogP contribution in [0.5, 0.6) is 0 Å². The first-order valence-electron chi connectivity index (χ1n) is 12.7. The number of benzene rings is 1. The van der Waals surface area contributed by atoms with Crippen molar-refractivity contribution in [3.8, 4) is 0 Å². The second-order valence-corrected chi connectivity index (χ2v) is 8.85. The number of hydrogen-bond donors (Lipinski definition) is 2. The fourth-order valence-electron chi connectivity index (χ4n) is 3.97. The van der Waals surface area contributed by atoms with Crippen molar-refractivity contribution < 1.29 is 31.8 Å². The maximum atomic E-state index is 12.1. The van der Waals surface area contributed by atoms with Gasteiger partial charge in [0.15, 0.2) is 0 Å². The molecule has 0 saturated carbocycles. The molecule has 0 aliphatic heterocycles. The summed E-state index contributed by atoms with van der Waals surface area (Å²) in [6.07, 6.45) is 20.1. The normalized spacial score (nSPS) is 11.5. The number of carbonyl (C=O) groups excluding carboxylic acids is 1. The molecule has 1 aromatic carbocycles. The number of carbonyl (C=O) groups is 2. The second-order valence-electron chi connectivity index (χ2n) is 8.85. The Morgan fingerprint density at radius 2 is 1.19 bits per heavy atom. The molecule has 0 aromatic heterocycles. The molecule has 1 amide bonds. The Bertz CT molecular complexity index is 580. The fraction of sp³-hybridized carbons (Fsp3) is 0.704. The van der Waals surface area contributed by atoms with Crippen LogP contribution in [0.15, 0.2) is 30.3 Å². The minimum atomic E-state index is -0.978. The number of carboxylic acid groups (broad SMARTS) is 1. The van der Waals surface area contributed by atoms with Gasteiger partial charge in [-0.2, -0.15) is 0 Å². The molecule has 5 heteroatoms. The van der Waals surface area contributed by atoms with Crippen LogP contribution in [-0.2, 0) is 33.1 Å². The summed E-state index contributed by atoms with van der Waals surface area (Å²) in [7, 11) is 0. The average molecular weight is 495 g/mol. The maximum absolute atomic E-state index is 12.1. The number of carboxylic acids is 1. The van der Waals surface area contributed by atoms with Gasteiger partial charge in [0.05, 0.1) is 0 Å². The van der Waals surface area contributed by atoms with Crippen molar-refractivity contribution in [2.75, 3.05) is 0 Å². The average Bonchev–Trinajstić information content (AvgIpc) is 2.76. The third-order valence-corrected chi connectivity index (χ3v) is 5.92. The van der Waals surface area contributed by atoms with Gasteiger partial charge in [-0.25, -0.2) is 4.79 Å². The molecule has 0 heterocycles. The van der Waals surface area contributed by atoms with Gasteiger partial charge in [0.1, 0.15) is 6.04 Å². The monoisotopic (exact) mass is 494 g/mol. The minimum absolute atomic E-state index is 0. The standard InChI is InChI=1S/C27H45NO3.Cu/c1-2-3-4-5-6-7-8-9-10-11-12-13-14-15-19-22-26(29)28-25(27(30)31)23-24-20-17-16-18-21-24;/h16-18,20-21,25H,2-15,19,22-23H2,1H3,(H,28,29)(H,30,31);/t25-;/m0./s1. The van der Waals surface area contributed by atoms with E-state index in [1.54, 1.807) is 0 Å². The molecule has 1 rings (SSSR count). The summed E-state index contributed by atoms with van der Waals surface area (Å²) in [5.41, 5.74) is 0.919. The topological polar surface area (TPSA) is 66.4 Å². The Hall–Kier alpha value is -1.32. The Morgan fingerprint density at radius 1 is 0.750 bits per heavy atom. The van der Waals surface area contributed by atoms with Crippen LogP contribution < -0.4 is 5.32 Å². The molecule has 1 radical (unpaired) electrons. The van der Waals surface area contributed by atoms with Crippen molar-refractivity contribution in [2.24, 2.45) is 0 Å². The van der Waals surface area contributed by atoms with E-state index in [2.05, 4.69) is 12.2 Å². The summed E-state index contributed by atoms with van der Waals surface area (Å²) in [6.45, 7) is 2.27. The van der Waals surface area contributed by atoms with Crippen LogP contribution in [0.25, 0.3) is 0 Å². The summed E-state index contributed by atoms with van der Waals surface area (Å²) < 4.78 is 0. The van der Waals surface area contributed by atoms with Gasteiger partial charge in [0.25, 0.3) is 0 Å². The summed E-state index contributed by atoms with van der Waals surface area (Å²) >= 11 is 0. The first kappa shape index (κ1) is 30.7. The largest absolute Gasteiger partial charge is 0.480 e. The van der Waals surface area contributed by atoms with Crippen molar-refractivity contribution in [2.45, 2.75) is 122 Å². The number of hydrogen-bond acceptors (Lipinski definition) is 2. The SMILES string of the molecule is CCCCCCCCCCCCCCCCCC(=O)N[C@@H](Cc1ccccc1)C(=O)O.[Cu]. The van der Waals surface area contributed by atoms with Crippen LogP contribution in [0.4, 0.5) is 0 Å². The third-order valence-electron chi connectivity index (χ3n) is 5.92. The summed E-state index contributed by atoms with van der Waals surface area (Å²) in [5, 5.41) is 12.0. The molecule has 0 bridgehead atoms. The van der Waals surface area contributed by atoms with E-state index in [9.17, 15) is 14.7 Å². The molecule has 4 nitrogen and oxygen atoms in total. The summed E-state index contributed by atoms with van der Waals surface area (Å²) in [6, 6.07) is 8.57. The van der Waals surface area contributed by atoms with Gasteiger partial charge < -0.3 is 10.4 Å². The van der Waals surface area contributed by atoms with Gasteiger partial charge in [-0.3, -0.25) is 4.79 Å². The van der Waals surface area contributed by atoms with E-state index in [0.29, 0.717) is 12.8 Å². The number of aliphatic carboxylic acids is 1. The van der Waals surface area contributed by atoms with Gasteiger partial charge in [-0.1, -0.05) is 127 Å². The molecule has 0 fully saturated rings. The molecule has 2 N–H and O–H groups in total. The van der Waals surface area contributed by atoms with Crippen molar-refractivity contribution >= 4 is 11.9 Å². The smallest absolute Gasteiger partial charge is 0.326 e. The molecule has 187 valence electrons. The first-order chi connectivity index (χ1) is 15.1. The Balaban J connectivity index is 0.00000961. The summed E-state index contributed by atoms with van der Waals surface area (Å²) in [4.78, 5) is 23.5. The summed E-state index contributed by atoms with van der Waals surface area (Å²) in [5.74, 6) is -1.13. The third kappa shape index (κ3) is 17.3. The number of amides is 1. The Morgan fingerprint density at radius 3 is 1.62 bits per heavy atom. The van der Waals surface area contributed by atoms with Gasteiger partial charge >= 0.3 is 5.97 Å². The van der Waals surface area contributed by atoms with Crippen LogP contribution >= 0.6 is 0 Å². The van der Waals surface area contributed by atoms with Crippen molar-refractivity contribution in [3.05, 3.63) is 35.9 Å². The molecule has 0 aliphatic rings. The quantitative estimate of drug-likeness (QED) is 0.150. The molecule has 0 aliphatic carbocycles. The predicted octanol–water partition coefficient (Wildman–Crippen LogP) is 7.06.